The fraction of sp³-hybridized carbons (Fsp3) is 0.421. The first-order chi connectivity index (χ1) is 12.3. The molecule has 1 heterocycles. The van der Waals surface area contributed by atoms with Gasteiger partial charge < -0.3 is 19.5 Å². The molecule has 2 rings (SSSR count). The maximum Gasteiger partial charge on any atom is 0.330 e. The summed E-state index contributed by atoms with van der Waals surface area (Å²) in [5.74, 6) is -1.49. The lowest BCUT2D eigenvalue weighted by atomic mass is 10.0. The first-order valence-corrected chi connectivity index (χ1v) is 8.25. The highest BCUT2D eigenvalue weighted by molar-refractivity contribution is 5.84. The van der Waals surface area contributed by atoms with Crippen LogP contribution in [0.15, 0.2) is 42.5 Å². The van der Waals surface area contributed by atoms with E-state index in [1.807, 2.05) is 30.3 Å². The quantitative estimate of drug-likeness (QED) is 0.424. The molecule has 0 aliphatic carbocycles. The Morgan fingerprint density at radius 3 is 2.50 bits per heavy atom. The lowest BCUT2D eigenvalue weighted by Gasteiger charge is -2.22. The van der Waals surface area contributed by atoms with Crippen molar-refractivity contribution in [3.8, 4) is 0 Å². The van der Waals surface area contributed by atoms with Crippen LogP contribution < -0.4 is 5.32 Å². The van der Waals surface area contributed by atoms with Gasteiger partial charge in [-0.1, -0.05) is 30.3 Å². The second-order valence-electron chi connectivity index (χ2n) is 6.28. The molecular formula is C19H23NO6. The Hall–Kier alpha value is -2.67. The number of methoxy groups -OCH3 is 1. The van der Waals surface area contributed by atoms with E-state index >= 15 is 0 Å². The van der Waals surface area contributed by atoms with Crippen molar-refractivity contribution in [2.24, 2.45) is 0 Å². The second kappa shape index (κ2) is 8.62. The molecule has 1 amide bonds. The SMILES string of the molecule is COC(=O)/C=C/[C@H](OC(=O)[C@H](Cc1ccccc1)NC(C)=O)[C@]1(C)CO1. The van der Waals surface area contributed by atoms with E-state index in [-0.39, 0.29) is 5.91 Å². The molecule has 0 radical (unpaired) electrons. The summed E-state index contributed by atoms with van der Waals surface area (Å²) in [4.78, 5) is 35.4. The van der Waals surface area contributed by atoms with Crippen LogP contribution in [0.1, 0.15) is 19.4 Å². The third-order valence-electron chi connectivity index (χ3n) is 4.00. The molecule has 1 aliphatic rings. The number of hydrogen-bond acceptors (Lipinski definition) is 6. The molecule has 0 unspecified atom stereocenters. The molecule has 0 bridgehead atoms. The number of benzene rings is 1. The lowest BCUT2D eigenvalue weighted by molar-refractivity contribution is -0.153. The highest BCUT2D eigenvalue weighted by atomic mass is 16.6. The third-order valence-corrected chi connectivity index (χ3v) is 4.00. The van der Waals surface area contributed by atoms with Crippen molar-refractivity contribution in [1.29, 1.82) is 0 Å². The van der Waals surface area contributed by atoms with Crippen molar-refractivity contribution < 1.29 is 28.6 Å². The second-order valence-corrected chi connectivity index (χ2v) is 6.28. The largest absolute Gasteiger partial charge is 0.466 e. The molecule has 1 fully saturated rings. The van der Waals surface area contributed by atoms with Crippen LogP contribution in [0, 0.1) is 0 Å². The van der Waals surface area contributed by atoms with Crippen molar-refractivity contribution in [1.82, 2.24) is 5.32 Å². The predicted molar refractivity (Wildman–Crippen MR) is 93.1 cm³/mol. The number of hydrogen-bond donors (Lipinski definition) is 1. The van der Waals surface area contributed by atoms with E-state index in [9.17, 15) is 14.4 Å². The van der Waals surface area contributed by atoms with Crippen molar-refractivity contribution >= 4 is 17.8 Å². The minimum absolute atomic E-state index is 0.296. The van der Waals surface area contributed by atoms with E-state index in [4.69, 9.17) is 9.47 Å². The van der Waals surface area contributed by atoms with Crippen LogP contribution in [-0.4, -0.2) is 49.3 Å². The molecule has 1 aliphatic heterocycles. The summed E-state index contributed by atoms with van der Waals surface area (Å²) in [7, 11) is 1.26. The van der Waals surface area contributed by atoms with Gasteiger partial charge >= 0.3 is 11.9 Å². The maximum absolute atomic E-state index is 12.6. The number of carbonyl (C=O) groups excluding carboxylic acids is 3. The van der Waals surface area contributed by atoms with Crippen LogP contribution in [0.4, 0.5) is 0 Å². The molecule has 1 aromatic carbocycles. The average Bonchev–Trinajstić information content (AvgIpc) is 3.36. The van der Waals surface area contributed by atoms with Gasteiger partial charge in [-0.25, -0.2) is 9.59 Å². The number of ether oxygens (including phenoxy) is 3. The Morgan fingerprint density at radius 1 is 1.31 bits per heavy atom. The van der Waals surface area contributed by atoms with Crippen LogP contribution in [0.25, 0.3) is 0 Å². The topological polar surface area (TPSA) is 94.2 Å². The minimum atomic E-state index is -0.841. The summed E-state index contributed by atoms with van der Waals surface area (Å²) in [6, 6.07) is 8.46. The Morgan fingerprint density at radius 2 is 1.96 bits per heavy atom. The number of epoxide rings is 1. The number of rotatable bonds is 8. The molecular weight excluding hydrogens is 338 g/mol. The van der Waals surface area contributed by atoms with Gasteiger partial charge in [0.15, 0.2) is 6.10 Å². The van der Waals surface area contributed by atoms with Gasteiger partial charge in [0.25, 0.3) is 0 Å². The molecule has 3 atom stereocenters. The molecule has 0 aromatic heterocycles. The van der Waals surface area contributed by atoms with Crippen LogP contribution in [-0.2, 0) is 35.0 Å². The van der Waals surface area contributed by atoms with Gasteiger partial charge in [0.1, 0.15) is 11.6 Å². The average molecular weight is 361 g/mol. The predicted octanol–water partition coefficient (Wildman–Crippen LogP) is 1.16. The lowest BCUT2D eigenvalue weighted by Crippen LogP contribution is -2.45. The first-order valence-electron chi connectivity index (χ1n) is 8.25. The summed E-state index contributed by atoms with van der Waals surface area (Å²) < 4.78 is 15.4. The van der Waals surface area contributed by atoms with Crippen LogP contribution in [0.2, 0.25) is 0 Å². The molecule has 7 heteroatoms. The summed E-state index contributed by atoms with van der Waals surface area (Å²) in [6.07, 6.45) is 2.16. The monoisotopic (exact) mass is 361 g/mol. The van der Waals surface area contributed by atoms with Gasteiger partial charge in [0.05, 0.1) is 13.7 Å². The molecule has 7 nitrogen and oxygen atoms in total. The number of esters is 2. The van der Waals surface area contributed by atoms with E-state index in [0.717, 1.165) is 5.56 Å². The standard InChI is InChI=1S/C19H23NO6/c1-13(21)20-15(11-14-7-5-4-6-8-14)18(23)26-16(19(2)12-25-19)9-10-17(22)24-3/h4-10,15-16H,11-12H2,1-3H3,(H,20,21)/b10-9+/t15-,16-,19-/m0/s1. The van der Waals surface area contributed by atoms with Gasteiger partial charge in [-0.15, -0.1) is 0 Å². The smallest absolute Gasteiger partial charge is 0.330 e. The fourth-order valence-electron chi connectivity index (χ4n) is 2.38. The van der Waals surface area contributed by atoms with Crippen molar-refractivity contribution in [3.05, 3.63) is 48.0 Å². The third kappa shape index (κ3) is 5.70. The number of amides is 1. The first kappa shape index (κ1) is 19.7. The molecule has 140 valence electrons. The van der Waals surface area contributed by atoms with Crippen LogP contribution >= 0.6 is 0 Å². The van der Waals surface area contributed by atoms with Crippen molar-refractivity contribution in [2.45, 2.75) is 38.0 Å². The molecule has 1 saturated heterocycles. The number of carbonyl (C=O) groups is 3. The minimum Gasteiger partial charge on any atom is -0.466 e. The fourth-order valence-corrected chi connectivity index (χ4v) is 2.38. The Kier molecular flexibility index (Phi) is 6.52. The molecule has 0 spiro atoms. The highest BCUT2D eigenvalue weighted by Gasteiger charge is 2.49. The molecule has 0 saturated carbocycles. The van der Waals surface area contributed by atoms with E-state index < -0.39 is 29.7 Å². The van der Waals surface area contributed by atoms with E-state index in [1.165, 1.54) is 26.2 Å². The molecule has 1 aromatic rings. The highest BCUT2D eigenvalue weighted by Crippen LogP contribution is 2.33. The van der Waals surface area contributed by atoms with Crippen molar-refractivity contribution in [2.75, 3.05) is 13.7 Å². The van der Waals surface area contributed by atoms with Crippen molar-refractivity contribution in [3.63, 3.8) is 0 Å². The normalized spacial score (nSPS) is 20.9. The maximum atomic E-state index is 12.6. The van der Waals surface area contributed by atoms with Crippen LogP contribution in [0.5, 0.6) is 0 Å². The zero-order chi connectivity index (χ0) is 19.2. The van der Waals surface area contributed by atoms with Crippen LogP contribution in [0.3, 0.4) is 0 Å². The van der Waals surface area contributed by atoms with E-state index in [1.54, 1.807) is 6.92 Å². The van der Waals surface area contributed by atoms with E-state index in [2.05, 4.69) is 10.1 Å². The van der Waals surface area contributed by atoms with Gasteiger partial charge in [0, 0.05) is 19.4 Å². The van der Waals surface area contributed by atoms with E-state index in [0.29, 0.717) is 13.0 Å². The summed E-state index contributed by atoms with van der Waals surface area (Å²) in [6.45, 7) is 3.52. The molecule has 26 heavy (non-hydrogen) atoms. The Labute approximate surface area is 152 Å². The van der Waals surface area contributed by atoms with Gasteiger partial charge in [0.2, 0.25) is 5.91 Å². The summed E-state index contributed by atoms with van der Waals surface area (Å²) in [5, 5.41) is 2.61. The van der Waals surface area contributed by atoms with Gasteiger partial charge in [-0.05, 0) is 18.6 Å². The summed E-state index contributed by atoms with van der Waals surface area (Å²) in [5.41, 5.74) is 0.201. The number of nitrogens with one attached hydrogen (secondary N) is 1. The van der Waals surface area contributed by atoms with Gasteiger partial charge in [-0.3, -0.25) is 4.79 Å². The zero-order valence-electron chi connectivity index (χ0n) is 15.1. The summed E-state index contributed by atoms with van der Waals surface area (Å²) >= 11 is 0. The zero-order valence-corrected chi connectivity index (χ0v) is 15.1. The van der Waals surface area contributed by atoms with Gasteiger partial charge in [-0.2, -0.15) is 0 Å². The Bertz CT molecular complexity index is 681. The Balaban J connectivity index is 2.11. The molecule has 1 N–H and O–H groups in total.